The van der Waals surface area contributed by atoms with Crippen molar-refractivity contribution in [1.82, 2.24) is 4.31 Å². The summed E-state index contributed by atoms with van der Waals surface area (Å²) in [7, 11) is -3.72. The second-order valence-electron chi connectivity index (χ2n) is 7.96. The standard InChI is InChI=1S/C23H27N3O4S/c1-4-17-5-6-18(15-21(17)31(28,29)26-11-13-30-14-12-26)22(27)25-20-9-7-19(8-10-20)23(2,3)16-24/h5-10,15H,4,11-14H2,1-3H3,(H,25,27). The lowest BCUT2D eigenvalue weighted by molar-refractivity contribution is 0.0730. The highest BCUT2D eigenvalue weighted by atomic mass is 32.2. The minimum atomic E-state index is -3.72. The average molecular weight is 442 g/mol. The van der Waals surface area contributed by atoms with Crippen molar-refractivity contribution in [2.45, 2.75) is 37.5 Å². The van der Waals surface area contributed by atoms with Crippen LogP contribution in [0.1, 0.15) is 42.3 Å². The van der Waals surface area contributed by atoms with Crippen LogP contribution >= 0.6 is 0 Å². The molecule has 1 N–H and O–H groups in total. The van der Waals surface area contributed by atoms with E-state index >= 15 is 0 Å². The molecule has 1 heterocycles. The van der Waals surface area contributed by atoms with E-state index in [1.54, 1.807) is 36.4 Å². The maximum absolute atomic E-state index is 13.2. The average Bonchev–Trinajstić information content (AvgIpc) is 2.79. The van der Waals surface area contributed by atoms with Crippen LogP contribution in [0.2, 0.25) is 0 Å². The van der Waals surface area contributed by atoms with Crippen LogP contribution in [0.25, 0.3) is 0 Å². The summed E-state index contributed by atoms with van der Waals surface area (Å²) < 4.78 is 33.0. The zero-order valence-corrected chi connectivity index (χ0v) is 18.8. The van der Waals surface area contributed by atoms with Crippen LogP contribution in [0.5, 0.6) is 0 Å². The summed E-state index contributed by atoms with van der Waals surface area (Å²) >= 11 is 0. The fourth-order valence-corrected chi connectivity index (χ4v) is 5.12. The number of anilines is 1. The number of amides is 1. The highest BCUT2D eigenvalue weighted by molar-refractivity contribution is 7.89. The molecule has 3 rings (SSSR count). The quantitative estimate of drug-likeness (QED) is 0.741. The molecule has 2 aromatic rings. The van der Waals surface area contributed by atoms with Gasteiger partial charge in [0.25, 0.3) is 5.91 Å². The molecular weight excluding hydrogens is 414 g/mol. The van der Waals surface area contributed by atoms with Gasteiger partial charge in [0.1, 0.15) is 0 Å². The van der Waals surface area contributed by atoms with Gasteiger partial charge in [-0.2, -0.15) is 9.57 Å². The van der Waals surface area contributed by atoms with E-state index in [0.29, 0.717) is 44.0 Å². The first kappa shape index (κ1) is 22.9. The number of hydrogen-bond acceptors (Lipinski definition) is 5. The lowest BCUT2D eigenvalue weighted by Gasteiger charge is -2.27. The van der Waals surface area contributed by atoms with Crippen LogP contribution in [-0.2, 0) is 26.6 Å². The van der Waals surface area contributed by atoms with Crippen molar-refractivity contribution in [3.05, 3.63) is 59.2 Å². The lowest BCUT2D eigenvalue weighted by Crippen LogP contribution is -2.41. The van der Waals surface area contributed by atoms with Gasteiger partial charge in [-0.3, -0.25) is 4.79 Å². The van der Waals surface area contributed by atoms with Crippen molar-refractivity contribution in [2.75, 3.05) is 31.6 Å². The van der Waals surface area contributed by atoms with E-state index in [0.717, 1.165) is 5.56 Å². The Hall–Kier alpha value is -2.73. The summed E-state index contributed by atoms with van der Waals surface area (Å²) in [4.78, 5) is 13.0. The smallest absolute Gasteiger partial charge is 0.255 e. The zero-order valence-electron chi connectivity index (χ0n) is 18.0. The Morgan fingerprint density at radius 2 is 1.81 bits per heavy atom. The molecule has 1 fully saturated rings. The Bertz CT molecular complexity index is 1100. The van der Waals surface area contributed by atoms with E-state index in [1.165, 1.54) is 10.4 Å². The monoisotopic (exact) mass is 441 g/mol. The van der Waals surface area contributed by atoms with Gasteiger partial charge < -0.3 is 10.1 Å². The minimum absolute atomic E-state index is 0.163. The normalized spacial score (nSPS) is 15.3. The minimum Gasteiger partial charge on any atom is -0.379 e. The predicted molar refractivity (Wildman–Crippen MR) is 118 cm³/mol. The van der Waals surface area contributed by atoms with Gasteiger partial charge in [-0.1, -0.05) is 25.1 Å². The number of morpholine rings is 1. The van der Waals surface area contributed by atoms with E-state index in [9.17, 15) is 18.5 Å². The molecule has 0 bridgehead atoms. The first-order valence-electron chi connectivity index (χ1n) is 10.2. The summed E-state index contributed by atoms with van der Waals surface area (Å²) in [5, 5.41) is 12.1. The largest absolute Gasteiger partial charge is 0.379 e. The van der Waals surface area contributed by atoms with E-state index in [-0.39, 0.29) is 10.5 Å². The number of rotatable bonds is 6. The molecule has 0 unspecified atom stereocenters. The van der Waals surface area contributed by atoms with Gasteiger partial charge in [-0.15, -0.1) is 0 Å². The molecule has 0 spiro atoms. The van der Waals surface area contributed by atoms with Crippen molar-refractivity contribution in [3.8, 4) is 6.07 Å². The maximum Gasteiger partial charge on any atom is 0.255 e. The van der Waals surface area contributed by atoms with Gasteiger partial charge in [0.15, 0.2) is 0 Å². The molecule has 1 aliphatic heterocycles. The molecule has 1 aliphatic rings. The third-order valence-electron chi connectivity index (χ3n) is 5.44. The molecule has 2 aromatic carbocycles. The number of carbonyl (C=O) groups excluding carboxylic acids is 1. The van der Waals surface area contributed by atoms with Crippen LogP contribution < -0.4 is 5.32 Å². The molecule has 31 heavy (non-hydrogen) atoms. The number of aryl methyl sites for hydroxylation is 1. The Balaban J connectivity index is 1.85. The van der Waals surface area contributed by atoms with E-state index in [1.807, 2.05) is 20.8 Å². The molecule has 1 amide bonds. The number of benzene rings is 2. The van der Waals surface area contributed by atoms with E-state index in [4.69, 9.17) is 4.74 Å². The molecule has 0 aliphatic carbocycles. The van der Waals surface area contributed by atoms with Crippen molar-refractivity contribution in [3.63, 3.8) is 0 Å². The Kier molecular flexibility index (Phi) is 6.80. The number of nitrogens with zero attached hydrogens (tertiary/aromatic N) is 2. The summed E-state index contributed by atoms with van der Waals surface area (Å²) in [5.74, 6) is -0.395. The third kappa shape index (κ3) is 4.96. The summed E-state index contributed by atoms with van der Waals surface area (Å²) in [6.45, 7) is 6.86. The maximum atomic E-state index is 13.2. The fraction of sp³-hybridized carbons (Fsp3) is 0.391. The summed E-state index contributed by atoms with van der Waals surface area (Å²) in [6.07, 6.45) is 0.539. The molecule has 8 heteroatoms. The van der Waals surface area contributed by atoms with E-state index < -0.39 is 21.3 Å². The highest BCUT2D eigenvalue weighted by Gasteiger charge is 2.29. The number of sulfonamides is 1. The first-order chi connectivity index (χ1) is 14.7. The second-order valence-corrected chi connectivity index (χ2v) is 9.87. The third-order valence-corrected chi connectivity index (χ3v) is 7.42. The van der Waals surface area contributed by atoms with Crippen LogP contribution in [0.3, 0.4) is 0 Å². The van der Waals surface area contributed by atoms with Crippen molar-refractivity contribution in [2.24, 2.45) is 0 Å². The van der Waals surface area contributed by atoms with Crippen LogP contribution in [0, 0.1) is 11.3 Å². The van der Waals surface area contributed by atoms with Crippen molar-refractivity contribution in [1.29, 1.82) is 5.26 Å². The molecule has 164 valence electrons. The van der Waals surface area contributed by atoms with Crippen LogP contribution in [0.15, 0.2) is 47.4 Å². The highest BCUT2D eigenvalue weighted by Crippen LogP contribution is 2.26. The fourth-order valence-electron chi connectivity index (χ4n) is 3.39. The molecule has 0 radical (unpaired) electrons. The van der Waals surface area contributed by atoms with Gasteiger partial charge >= 0.3 is 0 Å². The number of nitriles is 1. The molecule has 7 nitrogen and oxygen atoms in total. The summed E-state index contributed by atoms with van der Waals surface area (Å²) in [6, 6.07) is 14.1. The van der Waals surface area contributed by atoms with Crippen molar-refractivity contribution < 1.29 is 17.9 Å². The zero-order chi connectivity index (χ0) is 22.6. The molecular formula is C23H27N3O4S. The molecule has 0 saturated carbocycles. The first-order valence-corrected chi connectivity index (χ1v) is 11.7. The predicted octanol–water partition coefficient (Wildman–Crippen LogP) is 3.32. The van der Waals surface area contributed by atoms with Crippen molar-refractivity contribution >= 4 is 21.6 Å². The Morgan fingerprint density at radius 1 is 1.16 bits per heavy atom. The molecule has 0 atom stereocenters. The topological polar surface area (TPSA) is 99.5 Å². The van der Waals surface area contributed by atoms with Gasteiger partial charge in [0, 0.05) is 24.3 Å². The van der Waals surface area contributed by atoms with Gasteiger partial charge in [-0.25, -0.2) is 8.42 Å². The molecule has 1 saturated heterocycles. The number of nitrogens with one attached hydrogen (secondary N) is 1. The summed E-state index contributed by atoms with van der Waals surface area (Å²) in [5.41, 5.74) is 1.73. The van der Waals surface area contributed by atoms with Crippen LogP contribution in [-0.4, -0.2) is 44.9 Å². The van der Waals surface area contributed by atoms with Gasteiger partial charge in [0.05, 0.1) is 29.6 Å². The van der Waals surface area contributed by atoms with E-state index in [2.05, 4.69) is 11.4 Å². The van der Waals surface area contributed by atoms with Gasteiger partial charge in [-0.05, 0) is 55.7 Å². The number of ether oxygens (including phenoxy) is 1. The lowest BCUT2D eigenvalue weighted by atomic mass is 9.86. The molecule has 0 aromatic heterocycles. The van der Waals surface area contributed by atoms with Gasteiger partial charge in [0.2, 0.25) is 10.0 Å². The SMILES string of the molecule is CCc1ccc(C(=O)Nc2ccc(C(C)(C)C#N)cc2)cc1S(=O)(=O)N1CCOCC1. The Morgan fingerprint density at radius 3 is 2.39 bits per heavy atom. The second kappa shape index (κ2) is 9.18. The number of carbonyl (C=O) groups is 1. The number of hydrogen-bond donors (Lipinski definition) is 1. The Labute approximate surface area is 183 Å². The van der Waals surface area contributed by atoms with Crippen LogP contribution in [0.4, 0.5) is 5.69 Å².